The lowest BCUT2D eigenvalue weighted by molar-refractivity contribution is -0.122. The maximum Gasteiger partial charge on any atom is 0.231 e. The number of nitrogens with two attached hydrogens (primary N) is 1. The van der Waals surface area contributed by atoms with Crippen LogP contribution in [0.15, 0.2) is 30.3 Å². The third-order valence-corrected chi connectivity index (χ3v) is 4.98. The fourth-order valence-electron chi connectivity index (χ4n) is 3.42. The minimum absolute atomic E-state index is 0. The molecule has 10 heteroatoms. The summed E-state index contributed by atoms with van der Waals surface area (Å²) in [4.78, 5) is 26.9. The maximum absolute atomic E-state index is 12.8. The van der Waals surface area contributed by atoms with Crippen molar-refractivity contribution >= 4 is 41.3 Å². The van der Waals surface area contributed by atoms with E-state index in [1.165, 1.54) is 7.11 Å². The molecule has 1 saturated heterocycles. The number of fused-ring (bicyclic) bond motifs is 1. The molecular formula is C20H22ClN3O6. The number of hydrogen-bond donors (Lipinski definition) is 2. The zero-order valence-electron chi connectivity index (χ0n) is 16.5. The van der Waals surface area contributed by atoms with E-state index in [-0.39, 0.29) is 44.0 Å². The molecule has 9 nitrogen and oxygen atoms in total. The van der Waals surface area contributed by atoms with Crippen LogP contribution >= 0.6 is 12.4 Å². The fourth-order valence-corrected chi connectivity index (χ4v) is 3.42. The minimum atomic E-state index is -0.529. The first-order valence-electron chi connectivity index (χ1n) is 9.02. The first kappa shape index (κ1) is 21.4. The van der Waals surface area contributed by atoms with Crippen LogP contribution in [-0.2, 0) is 9.59 Å². The van der Waals surface area contributed by atoms with Crippen molar-refractivity contribution in [3.8, 4) is 23.0 Å². The number of anilines is 3. The molecule has 0 spiro atoms. The van der Waals surface area contributed by atoms with Crippen LogP contribution in [0.3, 0.4) is 0 Å². The molecular weight excluding hydrogens is 414 g/mol. The highest BCUT2D eigenvalue weighted by Gasteiger charge is 2.36. The van der Waals surface area contributed by atoms with Gasteiger partial charge in [0.2, 0.25) is 18.6 Å². The molecule has 0 radical (unpaired) electrons. The van der Waals surface area contributed by atoms with Gasteiger partial charge >= 0.3 is 0 Å². The Balaban J connectivity index is 0.00000256. The van der Waals surface area contributed by atoms with E-state index in [4.69, 9.17) is 24.7 Å². The highest BCUT2D eigenvalue weighted by molar-refractivity contribution is 6.05. The van der Waals surface area contributed by atoms with Crippen LogP contribution in [0.2, 0.25) is 0 Å². The number of benzene rings is 2. The van der Waals surface area contributed by atoms with Gasteiger partial charge in [-0.1, -0.05) is 0 Å². The molecule has 2 aliphatic heterocycles. The molecule has 0 bridgehead atoms. The van der Waals surface area contributed by atoms with Crippen LogP contribution in [0.5, 0.6) is 23.0 Å². The van der Waals surface area contributed by atoms with Crippen LogP contribution in [0.25, 0.3) is 0 Å². The van der Waals surface area contributed by atoms with Gasteiger partial charge in [-0.15, -0.1) is 12.4 Å². The van der Waals surface area contributed by atoms with Crippen LogP contribution in [0.4, 0.5) is 17.1 Å². The van der Waals surface area contributed by atoms with Crippen molar-refractivity contribution in [2.45, 2.75) is 6.42 Å². The van der Waals surface area contributed by atoms with Gasteiger partial charge < -0.3 is 34.9 Å². The molecule has 2 amide bonds. The molecule has 1 fully saturated rings. The smallest absolute Gasteiger partial charge is 0.231 e. The molecule has 2 aromatic carbocycles. The molecule has 0 aliphatic carbocycles. The molecule has 30 heavy (non-hydrogen) atoms. The third kappa shape index (κ3) is 3.88. The minimum Gasteiger partial charge on any atom is -0.497 e. The Kier molecular flexibility index (Phi) is 6.12. The van der Waals surface area contributed by atoms with E-state index in [0.29, 0.717) is 40.1 Å². The van der Waals surface area contributed by atoms with Crippen molar-refractivity contribution in [1.29, 1.82) is 0 Å². The van der Waals surface area contributed by atoms with Crippen molar-refractivity contribution in [2.24, 2.45) is 5.92 Å². The number of carbonyl (C=O) groups excluding carboxylic acids is 2. The largest absolute Gasteiger partial charge is 0.497 e. The molecule has 2 aromatic rings. The maximum atomic E-state index is 12.8. The highest BCUT2D eigenvalue weighted by atomic mass is 35.5. The number of methoxy groups -OCH3 is 2. The van der Waals surface area contributed by atoms with E-state index >= 15 is 0 Å². The van der Waals surface area contributed by atoms with Gasteiger partial charge in [-0.25, -0.2) is 0 Å². The predicted molar refractivity (Wildman–Crippen MR) is 113 cm³/mol. The zero-order valence-corrected chi connectivity index (χ0v) is 17.3. The van der Waals surface area contributed by atoms with Crippen LogP contribution < -0.4 is 34.9 Å². The summed E-state index contributed by atoms with van der Waals surface area (Å²) in [5, 5.41) is 2.79. The number of halogens is 1. The summed E-state index contributed by atoms with van der Waals surface area (Å²) in [6, 6.07) is 8.41. The number of rotatable bonds is 5. The Hall–Kier alpha value is -3.33. The average Bonchev–Trinajstić information content (AvgIpc) is 3.33. The highest BCUT2D eigenvalue weighted by Crippen LogP contribution is 2.39. The zero-order chi connectivity index (χ0) is 20.5. The number of ether oxygens (including phenoxy) is 4. The Morgan fingerprint density at radius 1 is 1.17 bits per heavy atom. The molecule has 3 N–H and O–H groups in total. The number of amides is 2. The Bertz CT molecular complexity index is 983. The molecule has 2 aliphatic rings. The lowest BCUT2D eigenvalue weighted by atomic mass is 10.1. The van der Waals surface area contributed by atoms with E-state index < -0.39 is 5.92 Å². The summed E-state index contributed by atoms with van der Waals surface area (Å²) in [5.74, 6) is 1.19. The Labute approximate surface area is 179 Å². The standard InChI is InChI=1S/C20H21N3O6.ClH/c1-26-12-3-4-15(16(6-12)27-2)23-9-11(5-19(23)24)20(25)22-14-8-18-17(7-13(14)21)28-10-29-18;/h3-4,6-8,11H,5,9-10,21H2,1-2H3,(H,22,25);1H. The molecule has 0 saturated carbocycles. The first-order valence-corrected chi connectivity index (χ1v) is 9.02. The number of hydrogen-bond acceptors (Lipinski definition) is 7. The lowest BCUT2D eigenvalue weighted by Crippen LogP contribution is -2.28. The number of nitrogen functional groups attached to an aromatic ring is 1. The molecule has 4 rings (SSSR count). The van der Waals surface area contributed by atoms with Crippen molar-refractivity contribution in [1.82, 2.24) is 0 Å². The van der Waals surface area contributed by atoms with Crippen molar-refractivity contribution in [3.63, 3.8) is 0 Å². The van der Waals surface area contributed by atoms with Gasteiger partial charge in [0.15, 0.2) is 11.5 Å². The van der Waals surface area contributed by atoms with E-state index in [0.717, 1.165) is 0 Å². The second-order valence-corrected chi connectivity index (χ2v) is 6.73. The summed E-state index contributed by atoms with van der Waals surface area (Å²) in [6.07, 6.45) is 0.0888. The van der Waals surface area contributed by atoms with Crippen LogP contribution in [0, 0.1) is 5.92 Å². The fraction of sp³-hybridized carbons (Fsp3) is 0.300. The average molecular weight is 436 g/mol. The van der Waals surface area contributed by atoms with Gasteiger partial charge in [-0.2, -0.15) is 0 Å². The summed E-state index contributed by atoms with van der Waals surface area (Å²) in [5.41, 5.74) is 7.37. The van der Waals surface area contributed by atoms with Gasteiger partial charge in [-0.3, -0.25) is 9.59 Å². The molecule has 0 aromatic heterocycles. The summed E-state index contributed by atoms with van der Waals surface area (Å²) in [7, 11) is 3.07. The van der Waals surface area contributed by atoms with Gasteiger partial charge in [0.1, 0.15) is 11.5 Å². The third-order valence-electron chi connectivity index (χ3n) is 4.98. The summed E-state index contributed by atoms with van der Waals surface area (Å²) < 4.78 is 21.2. The number of nitrogens with one attached hydrogen (secondary N) is 1. The SMILES string of the molecule is COc1ccc(N2CC(C(=O)Nc3cc4c(cc3N)OCO4)CC2=O)c(OC)c1.Cl. The first-order chi connectivity index (χ1) is 14.0. The second kappa shape index (κ2) is 8.58. The molecule has 1 unspecified atom stereocenters. The summed E-state index contributed by atoms with van der Waals surface area (Å²) >= 11 is 0. The van der Waals surface area contributed by atoms with Crippen molar-refractivity contribution < 1.29 is 28.5 Å². The van der Waals surface area contributed by atoms with Gasteiger partial charge in [0, 0.05) is 31.2 Å². The van der Waals surface area contributed by atoms with E-state index in [2.05, 4.69) is 5.32 Å². The molecule has 160 valence electrons. The Morgan fingerprint density at radius 2 is 1.90 bits per heavy atom. The number of carbonyl (C=O) groups is 2. The molecule has 1 atom stereocenters. The van der Waals surface area contributed by atoms with Crippen molar-refractivity contribution in [3.05, 3.63) is 30.3 Å². The molecule has 2 heterocycles. The lowest BCUT2D eigenvalue weighted by Gasteiger charge is -2.20. The van der Waals surface area contributed by atoms with Gasteiger partial charge in [0.05, 0.1) is 37.2 Å². The quantitative estimate of drug-likeness (QED) is 0.693. The summed E-state index contributed by atoms with van der Waals surface area (Å²) in [6.45, 7) is 0.347. The monoisotopic (exact) mass is 435 g/mol. The Morgan fingerprint density at radius 3 is 2.60 bits per heavy atom. The normalized spacial score (nSPS) is 16.8. The van der Waals surface area contributed by atoms with E-state index in [1.54, 1.807) is 42.3 Å². The van der Waals surface area contributed by atoms with Crippen LogP contribution in [-0.4, -0.2) is 39.4 Å². The number of nitrogens with zero attached hydrogens (tertiary/aromatic N) is 1. The predicted octanol–water partition coefficient (Wildman–Crippen LogP) is 2.43. The van der Waals surface area contributed by atoms with E-state index in [9.17, 15) is 9.59 Å². The van der Waals surface area contributed by atoms with Gasteiger partial charge in [-0.05, 0) is 12.1 Å². The van der Waals surface area contributed by atoms with Crippen molar-refractivity contribution in [2.75, 3.05) is 43.5 Å². The van der Waals surface area contributed by atoms with Gasteiger partial charge in [0.25, 0.3) is 0 Å². The topological polar surface area (TPSA) is 112 Å². The second-order valence-electron chi connectivity index (χ2n) is 6.73. The van der Waals surface area contributed by atoms with Crippen LogP contribution in [0.1, 0.15) is 6.42 Å². The van der Waals surface area contributed by atoms with E-state index in [1.807, 2.05) is 0 Å².